The van der Waals surface area contributed by atoms with E-state index in [4.69, 9.17) is 9.15 Å². The molecular formula is C18H13F2NO5. The maximum absolute atomic E-state index is 12.4. The zero-order valence-corrected chi connectivity index (χ0v) is 13.5. The van der Waals surface area contributed by atoms with Gasteiger partial charge in [0.15, 0.2) is 11.3 Å². The summed E-state index contributed by atoms with van der Waals surface area (Å²) in [6, 6.07) is 11.8. The fourth-order valence-electron chi connectivity index (χ4n) is 2.39. The summed E-state index contributed by atoms with van der Waals surface area (Å²) in [6.07, 6.45) is 0. The van der Waals surface area contributed by atoms with E-state index in [1.807, 2.05) is 0 Å². The zero-order chi connectivity index (χ0) is 18.7. The zero-order valence-electron chi connectivity index (χ0n) is 13.5. The summed E-state index contributed by atoms with van der Waals surface area (Å²) in [5, 5.41) is 2.95. The first kappa shape index (κ1) is 17.4. The van der Waals surface area contributed by atoms with Gasteiger partial charge in [-0.3, -0.25) is 4.79 Å². The molecule has 2 aromatic carbocycles. The fourth-order valence-corrected chi connectivity index (χ4v) is 2.39. The van der Waals surface area contributed by atoms with Crippen molar-refractivity contribution < 1.29 is 27.5 Å². The first-order valence-corrected chi connectivity index (χ1v) is 7.45. The van der Waals surface area contributed by atoms with Crippen molar-refractivity contribution in [3.8, 4) is 11.5 Å². The van der Waals surface area contributed by atoms with Crippen molar-refractivity contribution >= 4 is 22.6 Å². The number of nitrogens with one attached hydrogen (secondary N) is 1. The maximum atomic E-state index is 12.4. The lowest BCUT2D eigenvalue weighted by Crippen LogP contribution is -2.20. The van der Waals surface area contributed by atoms with Crippen molar-refractivity contribution in [2.75, 3.05) is 12.4 Å². The molecule has 0 unspecified atom stereocenters. The number of hydrogen-bond acceptors (Lipinski definition) is 5. The number of carbonyl (C=O) groups excluding carboxylic acids is 1. The molecule has 3 aromatic rings. The molecule has 0 radical (unpaired) electrons. The molecule has 0 aliphatic rings. The Morgan fingerprint density at radius 3 is 2.65 bits per heavy atom. The minimum absolute atomic E-state index is 0.118. The second-order valence-corrected chi connectivity index (χ2v) is 5.19. The third-order valence-electron chi connectivity index (χ3n) is 3.51. The summed E-state index contributed by atoms with van der Waals surface area (Å²) < 4.78 is 39.1. The lowest BCUT2D eigenvalue weighted by molar-refractivity contribution is -0.0497. The Morgan fingerprint density at radius 1 is 1.15 bits per heavy atom. The Hall–Kier alpha value is -3.42. The predicted molar refractivity (Wildman–Crippen MR) is 90.1 cm³/mol. The molecule has 0 fully saturated rings. The van der Waals surface area contributed by atoms with Crippen LogP contribution in [-0.4, -0.2) is 19.6 Å². The lowest BCUT2D eigenvalue weighted by atomic mass is 10.1. The van der Waals surface area contributed by atoms with Crippen LogP contribution in [0.2, 0.25) is 0 Å². The number of benzene rings is 2. The van der Waals surface area contributed by atoms with Crippen LogP contribution in [0.4, 0.5) is 14.5 Å². The number of rotatable bonds is 5. The summed E-state index contributed by atoms with van der Waals surface area (Å²) in [7, 11) is 1.43. The van der Waals surface area contributed by atoms with Crippen molar-refractivity contribution in [3.63, 3.8) is 0 Å². The minimum Gasteiger partial charge on any atom is -0.493 e. The number of amides is 1. The van der Waals surface area contributed by atoms with Gasteiger partial charge in [0.05, 0.1) is 7.11 Å². The molecule has 1 amide bonds. The molecule has 1 aromatic heterocycles. The highest BCUT2D eigenvalue weighted by molar-refractivity contribution is 6.05. The van der Waals surface area contributed by atoms with E-state index in [0.717, 1.165) is 0 Å². The molecule has 3 rings (SSSR count). The van der Waals surface area contributed by atoms with Crippen molar-refractivity contribution in [1.82, 2.24) is 0 Å². The molecule has 0 saturated heterocycles. The van der Waals surface area contributed by atoms with Crippen LogP contribution in [0.3, 0.4) is 0 Å². The minimum atomic E-state index is -2.98. The third kappa shape index (κ3) is 3.64. The largest absolute Gasteiger partial charge is 0.493 e. The van der Waals surface area contributed by atoms with Crippen LogP contribution in [0.15, 0.2) is 57.7 Å². The molecule has 26 heavy (non-hydrogen) atoms. The summed E-state index contributed by atoms with van der Waals surface area (Å²) in [5.41, 5.74) is -0.660. The highest BCUT2D eigenvalue weighted by Crippen LogP contribution is 2.25. The van der Waals surface area contributed by atoms with Gasteiger partial charge in [0.2, 0.25) is 0 Å². The van der Waals surface area contributed by atoms with E-state index in [9.17, 15) is 18.4 Å². The average molecular weight is 361 g/mol. The highest BCUT2D eigenvalue weighted by atomic mass is 19.3. The quantitative estimate of drug-likeness (QED) is 0.702. The van der Waals surface area contributed by atoms with Crippen LogP contribution in [0, 0.1) is 0 Å². The normalized spacial score (nSPS) is 10.8. The molecule has 1 heterocycles. The van der Waals surface area contributed by atoms with E-state index < -0.39 is 18.1 Å². The second-order valence-electron chi connectivity index (χ2n) is 5.19. The summed E-state index contributed by atoms with van der Waals surface area (Å²) >= 11 is 0. The van der Waals surface area contributed by atoms with Crippen LogP contribution in [0.25, 0.3) is 11.0 Å². The van der Waals surface area contributed by atoms with Crippen LogP contribution in [0.1, 0.15) is 10.4 Å². The van der Waals surface area contributed by atoms with Crippen LogP contribution < -0.4 is 20.4 Å². The van der Waals surface area contributed by atoms with Gasteiger partial charge in [-0.15, -0.1) is 0 Å². The number of alkyl halides is 2. The Bertz CT molecular complexity index is 1020. The van der Waals surface area contributed by atoms with Crippen molar-refractivity contribution in [3.05, 3.63) is 64.5 Å². The topological polar surface area (TPSA) is 77.8 Å². The van der Waals surface area contributed by atoms with Gasteiger partial charge in [-0.25, -0.2) is 4.79 Å². The molecule has 0 aliphatic heterocycles. The Morgan fingerprint density at radius 2 is 1.92 bits per heavy atom. The number of halogens is 2. The van der Waals surface area contributed by atoms with Crippen molar-refractivity contribution in [1.29, 1.82) is 0 Å². The van der Waals surface area contributed by atoms with E-state index in [1.54, 1.807) is 18.2 Å². The highest BCUT2D eigenvalue weighted by Gasteiger charge is 2.16. The lowest BCUT2D eigenvalue weighted by Gasteiger charge is -2.09. The van der Waals surface area contributed by atoms with Gasteiger partial charge in [-0.2, -0.15) is 8.78 Å². The van der Waals surface area contributed by atoms with Gasteiger partial charge >= 0.3 is 12.2 Å². The molecule has 0 aliphatic carbocycles. The van der Waals surface area contributed by atoms with Gasteiger partial charge in [0.1, 0.15) is 11.3 Å². The van der Waals surface area contributed by atoms with E-state index in [2.05, 4.69) is 10.1 Å². The molecule has 8 heteroatoms. The Balaban J connectivity index is 1.91. The number of fused-ring (bicyclic) bond motifs is 1. The molecule has 0 bridgehead atoms. The number of hydrogen-bond donors (Lipinski definition) is 1. The van der Waals surface area contributed by atoms with Gasteiger partial charge in [0.25, 0.3) is 5.91 Å². The summed E-state index contributed by atoms with van der Waals surface area (Å²) in [4.78, 5) is 24.5. The van der Waals surface area contributed by atoms with Crippen molar-refractivity contribution in [2.24, 2.45) is 0 Å². The van der Waals surface area contributed by atoms with Crippen LogP contribution in [-0.2, 0) is 0 Å². The molecule has 0 saturated carbocycles. The molecule has 0 atom stereocenters. The fraction of sp³-hybridized carbons (Fsp3) is 0.111. The standard InChI is InChI=1S/C18H13F2NO5/c1-24-14-7-2-4-10-8-13(17(23)26-15(10)14)16(22)21-11-5-3-6-12(9-11)25-18(19)20/h2-9,18H,1H3,(H,21,22). The Kier molecular flexibility index (Phi) is 4.83. The summed E-state index contributed by atoms with van der Waals surface area (Å²) in [6.45, 7) is -2.98. The Labute approximate surface area is 146 Å². The number of carbonyl (C=O) groups is 1. The maximum Gasteiger partial charge on any atom is 0.387 e. The smallest absolute Gasteiger partial charge is 0.387 e. The SMILES string of the molecule is COc1cccc2cc(C(=O)Nc3cccc(OC(F)F)c3)c(=O)oc12. The monoisotopic (exact) mass is 361 g/mol. The van der Waals surface area contributed by atoms with Crippen LogP contribution in [0.5, 0.6) is 11.5 Å². The summed E-state index contributed by atoms with van der Waals surface area (Å²) in [5.74, 6) is -0.492. The number of anilines is 1. The van der Waals surface area contributed by atoms with Gasteiger partial charge in [0, 0.05) is 17.1 Å². The molecule has 134 valence electrons. The van der Waals surface area contributed by atoms with Crippen molar-refractivity contribution in [2.45, 2.75) is 6.61 Å². The van der Waals surface area contributed by atoms with E-state index in [0.29, 0.717) is 11.1 Å². The third-order valence-corrected chi connectivity index (χ3v) is 3.51. The second kappa shape index (κ2) is 7.22. The average Bonchev–Trinajstić information content (AvgIpc) is 2.60. The molecule has 1 N–H and O–H groups in total. The first-order valence-electron chi connectivity index (χ1n) is 7.45. The number of ether oxygens (including phenoxy) is 2. The number of para-hydroxylation sites is 1. The molecule has 6 nitrogen and oxygen atoms in total. The van der Waals surface area contributed by atoms with E-state index in [1.165, 1.54) is 37.4 Å². The molecular weight excluding hydrogens is 348 g/mol. The predicted octanol–water partition coefficient (Wildman–Crippen LogP) is 3.66. The van der Waals surface area contributed by atoms with E-state index in [-0.39, 0.29) is 22.6 Å². The first-order chi connectivity index (χ1) is 12.5. The van der Waals surface area contributed by atoms with E-state index >= 15 is 0 Å². The van der Waals surface area contributed by atoms with Gasteiger partial charge < -0.3 is 19.2 Å². The molecule has 0 spiro atoms. The van der Waals surface area contributed by atoms with Gasteiger partial charge in [-0.1, -0.05) is 18.2 Å². The van der Waals surface area contributed by atoms with Crippen LogP contribution >= 0.6 is 0 Å². The van der Waals surface area contributed by atoms with Gasteiger partial charge in [-0.05, 0) is 24.3 Å². The number of methoxy groups -OCH3 is 1.